The van der Waals surface area contributed by atoms with E-state index in [0.717, 1.165) is 16.8 Å². The Bertz CT molecular complexity index is 950. The van der Waals surface area contributed by atoms with Gasteiger partial charge in [0.1, 0.15) is 16.8 Å². The average molecular weight is 475 g/mol. The number of fused-ring (bicyclic) bond motifs is 1. The summed E-state index contributed by atoms with van der Waals surface area (Å²) >= 11 is 1.29. The molecule has 0 N–H and O–H groups in total. The monoisotopic (exact) mass is 474 g/mol. The number of benzene rings is 1. The van der Waals surface area contributed by atoms with Crippen LogP contribution in [0.4, 0.5) is 4.39 Å². The second kappa shape index (κ2) is 9.87. The van der Waals surface area contributed by atoms with Crippen LogP contribution in [-0.2, 0) is 17.4 Å². The zero-order chi connectivity index (χ0) is 19.9. The number of aromatic nitrogens is 1. The molecule has 0 amide bonds. The van der Waals surface area contributed by atoms with Crippen LogP contribution in [0.25, 0.3) is 5.57 Å². The molecule has 2 aromatic rings. The van der Waals surface area contributed by atoms with E-state index >= 15 is 0 Å². The third-order valence-corrected chi connectivity index (χ3v) is 7.35. The lowest BCUT2D eigenvalue weighted by Gasteiger charge is -2.29. The summed E-state index contributed by atoms with van der Waals surface area (Å²) in [5, 5.41) is 2.24. The van der Waals surface area contributed by atoms with Gasteiger partial charge in [-0.1, -0.05) is 12.1 Å². The van der Waals surface area contributed by atoms with Crippen molar-refractivity contribution in [2.24, 2.45) is 0 Å². The summed E-state index contributed by atoms with van der Waals surface area (Å²) in [6.45, 7) is 7.71. The summed E-state index contributed by atoms with van der Waals surface area (Å²) in [6.07, 6.45) is 2.38. The van der Waals surface area contributed by atoms with Crippen LogP contribution in [0.1, 0.15) is 60.4 Å². The van der Waals surface area contributed by atoms with Gasteiger partial charge in [-0.2, -0.15) is 27.0 Å². The van der Waals surface area contributed by atoms with Gasteiger partial charge in [0.15, 0.2) is 5.01 Å². The summed E-state index contributed by atoms with van der Waals surface area (Å²) in [5.74, 6) is -0.445. The molecule has 0 spiro atoms. The number of Topliss-reactive ketones (excluding diaryl/α,β-unsaturated/α-hetero) is 1. The van der Waals surface area contributed by atoms with Crippen LogP contribution in [-0.4, -0.2) is 31.1 Å². The Morgan fingerprint density at radius 2 is 1.97 bits per heavy atom. The molecular formula is C20H27FN2O2S4. The van der Waals surface area contributed by atoms with E-state index in [1.807, 2.05) is 39.2 Å². The van der Waals surface area contributed by atoms with Gasteiger partial charge in [0, 0.05) is 18.0 Å². The number of thiazole rings is 1. The molecule has 3 rings (SSSR count). The number of halogens is 1. The molecule has 1 aliphatic carbocycles. The maximum atomic E-state index is 13.4. The standard InChI is InChI=1S/C20H23FN2O2S2.2H2S/c1-12(23(5)27(25)20(2,3)4)17-11-26-19(22-17)18(24)16-8-6-13-10-14(21)7-9-15(13)16;;/h7-12H,6H2,1-5H3;2*1H2/t12-,27-;;/m0../s1. The van der Waals surface area contributed by atoms with Crippen molar-refractivity contribution in [3.63, 3.8) is 0 Å². The molecule has 9 heteroatoms. The summed E-state index contributed by atoms with van der Waals surface area (Å²) in [6, 6.07) is 4.32. The van der Waals surface area contributed by atoms with Gasteiger partial charge < -0.3 is 0 Å². The molecule has 0 aliphatic heterocycles. The first-order valence-electron chi connectivity index (χ1n) is 8.73. The van der Waals surface area contributed by atoms with Gasteiger partial charge >= 0.3 is 0 Å². The zero-order valence-electron chi connectivity index (χ0n) is 17.1. The highest BCUT2D eigenvalue weighted by Crippen LogP contribution is 2.33. The number of allylic oxidation sites excluding steroid dienone is 2. The number of rotatable bonds is 5. The Hall–Kier alpha value is -1.00. The van der Waals surface area contributed by atoms with Crippen LogP contribution < -0.4 is 0 Å². The quantitative estimate of drug-likeness (QED) is 0.586. The van der Waals surface area contributed by atoms with E-state index in [-0.39, 0.29) is 49.4 Å². The Labute approximate surface area is 192 Å². The van der Waals surface area contributed by atoms with Crippen LogP contribution in [0.5, 0.6) is 0 Å². The van der Waals surface area contributed by atoms with E-state index in [9.17, 15) is 13.4 Å². The fourth-order valence-electron chi connectivity index (χ4n) is 2.99. The van der Waals surface area contributed by atoms with Gasteiger partial charge in [-0.15, -0.1) is 11.3 Å². The molecule has 1 aromatic carbocycles. The van der Waals surface area contributed by atoms with E-state index in [0.29, 0.717) is 17.0 Å². The lowest BCUT2D eigenvalue weighted by molar-refractivity contribution is 0.105. The predicted molar refractivity (Wildman–Crippen MR) is 129 cm³/mol. The van der Waals surface area contributed by atoms with Gasteiger partial charge in [-0.3, -0.25) is 4.79 Å². The topological polar surface area (TPSA) is 50.3 Å². The second-order valence-electron chi connectivity index (χ2n) is 7.61. The summed E-state index contributed by atoms with van der Waals surface area (Å²) in [5.41, 5.74) is 2.90. The summed E-state index contributed by atoms with van der Waals surface area (Å²) < 4.78 is 27.4. The van der Waals surface area contributed by atoms with Gasteiger partial charge in [0.2, 0.25) is 5.78 Å². The Morgan fingerprint density at radius 3 is 2.59 bits per heavy atom. The molecule has 0 fully saturated rings. The first-order valence-corrected chi connectivity index (χ1v) is 10.7. The molecule has 0 radical (unpaired) electrons. The van der Waals surface area contributed by atoms with Crippen molar-refractivity contribution < 1.29 is 13.4 Å². The van der Waals surface area contributed by atoms with Crippen molar-refractivity contribution in [3.8, 4) is 0 Å². The number of carbonyl (C=O) groups excluding carboxylic acids is 1. The number of nitrogens with zero attached hydrogens (tertiary/aromatic N) is 2. The highest BCUT2D eigenvalue weighted by atomic mass is 32.2. The zero-order valence-corrected chi connectivity index (χ0v) is 20.7. The Kier molecular flexibility index (Phi) is 8.86. The molecule has 0 saturated carbocycles. The van der Waals surface area contributed by atoms with E-state index in [4.69, 9.17) is 0 Å². The molecule has 1 heterocycles. The molecule has 1 aliphatic rings. The molecule has 0 unspecified atom stereocenters. The molecule has 0 saturated heterocycles. The van der Waals surface area contributed by atoms with E-state index in [1.165, 1.54) is 23.5 Å². The molecule has 1 aromatic heterocycles. The van der Waals surface area contributed by atoms with Crippen LogP contribution in [0, 0.1) is 5.82 Å². The number of carbonyl (C=O) groups is 1. The summed E-state index contributed by atoms with van der Waals surface area (Å²) in [4.78, 5) is 17.4. The minimum atomic E-state index is -1.18. The van der Waals surface area contributed by atoms with Crippen molar-refractivity contribution in [1.82, 2.24) is 9.29 Å². The van der Waals surface area contributed by atoms with E-state index in [2.05, 4.69) is 4.98 Å². The molecule has 29 heavy (non-hydrogen) atoms. The second-order valence-corrected chi connectivity index (χ2v) is 10.8. The smallest absolute Gasteiger partial charge is 0.221 e. The minimum Gasteiger partial charge on any atom is -0.286 e. The normalized spacial score (nSPS) is 15.1. The van der Waals surface area contributed by atoms with Crippen LogP contribution in [0.3, 0.4) is 0 Å². The predicted octanol–water partition coefficient (Wildman–Crippen LogP) is 4.79. The van der Waals surface area contributed by atoms with E-state index < -0.39 is 11.0 Å². The van der Waals surface area contributed by atoms with Crippen molar-refractivity contribution in [2.45, 2.75) is 44.9 Å². The third kappa shape index (κ3) is 5.38. The number of hydrogen-bond acceptors (Lipinski definition) is 4. The Morgan fingerprint density at radius 1 is 1.31 bits per heavy atom. The largest absolute Gasteiger partial charge is 0.286 e. The van der Waals surface area contributed by atoms with Gasteiger partial charge in [-0.05, 0) is 57.4 Å². The lowest BCUT2D eigenvalue weighted by atomic mass is 10.0. The van der Waals surface area contributed by atoms with Crippen molar-refractivity contribution in [1.29, 1.82) is 0 Å². The van der Waals surface area contributed by atoms with Gasteiger partial charge in [0.25, 0.3) is 0 Å². The molecule has 2 atom stereocenters. The first-order chi connectivity index (χ1) is 12.6. The summed E-state index contributed by atoms with van der Waals surface area (Å²) in [7, 11) is 0.621. The van der Waals surface area contributed by atoms with Crippen LogP contribution in [0.2, 0.25) is 0 Å². The third-order valence-electron chi connectivity index (χ3n) is 4.60. The maximum absolute atomic E-state index is 13.4. The SMILES string of the molecule is C[C@@H](c1csc(C(=O)C2=CCc3cc(F)ccc32)n1)N(C)[S@@](=O)C(C)(C)C.S.S. The first kappa shape index (κ1) is 26.0. The molecule has 4 nitrogen and oxygen atoms in total. The highest BCUT2D eigenvalue weighted by Gasteiger charge is 2.30. The molecular weight excluding hydrogens is 447 g/mol. The van der Waals surface area contributed by atoms with Crippen LogP contribution >= 0.6 is 38.3 Å². The van der Waals surface area contributed by atoms with Gasteiger partial charge in [-0.25, -0.2) is 17.9 Å². The van der Waals surface area contributed by atoms with Crippen molar-refractivity contribution in [3.05, 3.63) is 57.3 Å². The highest BCUT2D eigenvalue weighted by molar-refractivity contribution is 7.84. The van der Waals surface area contributed by atoms with Crippen molar-refractivity contribution in [2.75, 3.05) is 7.05 Å². The fourth-order valence-corrected chi connectivity index (χ4v) is 5.11. The van der Waals surface area contributed by atoms with Crippen LogP contribution in [0.15, 0.2) is 29.7 Å². The molecule has 160 valence electrons. The lowest BCUT2D eigenvalue weighted by Crippen LogP contribution is -2.36. The fraction of sp³-hybridized carbons (Fsp3) is 0.400. The minimum absolute atomic E-state index is 0. The molecule has 0 bridgehead atoms. The van der Waals surface area contributed by atoms with Gasteiger partial charge in [0.05, 0.1) is 16.5 Å². The average Bonchev–Trinajstić information content (AvgIpc) is 3.25. The number of ketones is 1. The number of hydrogen-bond donors (Lipinski definition) is 0. The Balaban J connectivity index is 0.00000210. The maximum Gasteiger partial charge on any atom is 0.221 e. The van der Waals surface area contributed by atoms with E-state index in [1.54, 1.807) is 17.4 Å². The van der Waals surface area contributed by atoms with Crippen molar-refractivity contribution >= 4 is 60.7 Å².